The van der Waals surface area contributed by atoms with E-state index in [0.717, 1.165) is 12.1 Å². The van der Waals surface area contributed by atoms with Crippen molar-refractivity contribution >= 4 is 5.95 Å². The Hall–Kier alpha value is -2.18. The van der Waals surface area contributed by atoms with Crippen LogP contribution in [0.15, 0.2) is 12.3 Å². The lowest BCUT2D eigenvalue weighted by atomic mass is 10.5. The molecule has 2 heterocycles. The summed E-state index contributed by atoms with van der Waals surface area (Å²) in [4.78, 5) is 12.6. The van der Waals surface area contributed by atoms with Gasteiger partial charge in [0.1, 0.15) is 0 Å². The average molecular weight is 248 g/mol. The van der Waals surface area contributed by atoms with Crippen molar-refractivity contribution in [1.29, 1.82) is 0 Å². The first-order chi connectivity index (χ1) is 8.72. The van der Waals surface area contributed by atoms with Gasteiger partial charge >= 0.3 is 6.01 Å². The minimum atomic E-state index is 0.305. The molecule has 0 atom stereocenters. The van der Waals surface area contributed by atoms with Crippen molar-refractivity contribution in [2.24, 2.45) is 0 Å². The van der Waals surface area contributed by atoms with Crippen LogP contribution in [-0.4, -0.2) is 38.4 Å². The molecule has 1 N–H and O–H groups in total. The van der Waals surface area contributed by atoms with Gasteiger partial charge in [-0.2, -0.15) is 20.1 Å². The second kappa shape index (κ2) is 5.44. The molecule has 0 bridgehead atoms. The van der Waals surface area contributed by atoms with Gasteiger partial charge in [-0.15, -0.1) is 0 Å². The molecular weight excluding hydrogens is 232 g/mol. The molecule has 0 spiro atoms. The van der Waals surface area contributed by atoms with Crippen LogP contribution in [0, 0.1) is 6.92 Å². The molecule has 0 saturated carbocycles. The first-order valence-electron chi connectivity index (χ1n) is 5.82. The van der Waals surface area contributed by atoms with Crippen LogP contribution < -0.4 is 10.1 Å². The lowest BCUT2D eigenvalue weighted by molar-refractivity contribution is 0.291. The first-order valence-corrected chi connectivity index (χ1v) is 5.82. The van der Waals surface area contributed by atoms with E-state index < -0.39 is 0 Å². The molecule has 2 rings (SSSR count). The topological polar surface area (TPSA) is 77.8 Å². The van der Waals surface area contributed by atoms with Crippen molar-refractivity contribution in [3.05, 3.63) is 18.0 Å². The van der Waals surface area contributed by atoms with Crippen molar-refractivity contribution in [1.82, 2.24) is 24.7 Å². The standard InChI is InChI=1S/C11H16N6O/c1-4-7-18-11-14-9(12-3)13-10(15-11)17-6-5-8(2)16-17/h5-6H,4,7H2,1-3H3,(H,12,13,14,15). The molecule has 7 nitrogen and oxygen atoms in total. The molecule has 0 aliphatic rings. The molecule has 7 heteroatoms. The fourth-order valence-electron chi connectivity index (χ4n) is 1.34. The number of anilines is 1. The van der Waals surface area contributed by atoms with Crippen LogP contribution in [0.5, 0.6) is 6.01 Å². The van der Waals surface area contributed by atoms with E-state index in [1.165, 1.54) is 0 Å². The maximum absolute atomic E-state index is 5.42. The lowest BCUT2D eigenvalue weighted by Gasteiger charge is -2.07. The minimum Gasteiger partial charge on any atom is -0.463 e. The van der Waals surface area contributed by atoms with E-state index in [4.69, 9.17) is 4.74 Å². The van der Waals surface area contributed by atoms with Gasteiger partial charge in [0.05, 0.1) is 12.3 Å². The third kappa shape index (κ3) is 2.73. The smallest absolute Gasteiger partial charge is 0.323 e. The fraction of sp³-hybridized carbons (Fsp3) is 0.455. The predicted molar refractivity (Wildman–Crippen MR) is 67.0 cm³/mol. The summed E-state index contributed by atoms with van der Waals surface area (Å²) in [6.07, 6.45) is 2.70. The van der Waals surface area contributed by atoms with E-state index in [9.17, 15) is 0 Å². The molecule has 0 unspecified atom stereocenters. The second-order valence-corrected chi connectivity index (χ2v) is 3.74. The summed E-state index contributed by atoms with van der Waals surface area (Å²) in [7, 11) is 1.75. The molecule has 2 aromatic rings. The Morgan fingerprint density at radius 2 is 2.17 bits per heavy atom. The summed E-state index contributed by atoms with van der Waals surface area (Å²) in [6, 6.07) is 2.19. The largest absolute Gasteiger partial charge is 0.463 e. The van der Waals surface area contributed by atoms with E-state index in [0.29, 0.717) is 24.5 Å². The monoisotopic (exact) mass is 248 g/mol. The summed E-state index contributed by atoms with van der Waals surface area (Å²) in [5, 5.41) is 7.14. The van der Waals surface area contributed by atoms with Crippen LogP contribution >= 0.6 is 0 Å². The second-order valence-electron chi connectivity index (χ2n) is 3.74. The van der Waals surface area contributed by atoms with Crippen molar-refractivity contribution in [3.63, 3.8) is 0 Å². The van der Waals surface area contributed by atoms with Gasteiger partial charge in [0.25, 0.3) is 5.95 Å². The first kappa shape index (κ1) is 12.3. The number of nitrogens with zero attached hydrogens (tertiary/aromatic N) is 5. The van der Waals surface area contributed by atoms with Gasteiger partial charge in [0.2, 0.25) is 5.95 Å². The van der Waals surface area contributed by atoms with Gasteiger partial charge in [-0.3, -0.25) is 0 Å². The van der Waals surface area contributed by atoms with Gasteiger partial charge < -0.3 is 10.1 Å². The summed E-state index contributed by atoms with van der Waals surface area (Å²) in [6.45, 7) is 4.51. The maximum Gasteiger partial charge on any atom is 0.323 e. The molecule has 0 aliphatic carbocycles. The van der Waals surface area contributed by atoms with Crippen LogP contribution in [0.2, 0.25) is 0 Å². The zero-order valence-electron chi connectivity index (χ0n) is 10.7. The zero-order valence-corrected chi connectivity index (χ0v) is 10.7. The molecule has 0 saturated heterocycles. The molecule has 0 amide bonds. The summed E-state index contributed by atoms with van der Waals surface area (Å²) in [5.74, 6) is 0.896. The summed E-state index contributed by atoms with van der Waals surface area (Å²) < 4.78 is 7.02. The summed E-state index contributed by atoms with van der Waals surface area (Å²) >= 11 is 0. The van der Waals surface area contributed by atoms with Crippen LogP contribution in [0.4, 0.5) is 5.95 Å². The molecule has 0 radical (unpaired) electrons. The van der Waals surface area contributed by atoms with Crippen LogP contribution in [-0.2, 0) is 0 Å². The van der Waals surface area contributed by atoms with E-state index in [2.05, 4.69) is 25.4 Å². The molecule has 18 heavy (non-hydrogen) atoms. The van der Waals surface area contributed by atoms with Crippen molar-refractivity contribution in [3.8, 4) is 12.0 Å². The number of aromatic nitrogens is 5. The van der Waals surface area contributed by atoms with Gasteiger partial charge in [-0.05, 0) is 19.4 Å². The van der Waals surface area contributed by atoms with Crippen molar-refractivity contribution in [2.45, 2.75) is 20.3 Å². The van der Waals surface area contributed by atoms with Crippen molar-refractivity contribution in [2.75, 3.05) is 19.0 Å². The Morgan fingerprint density at radius 1 is 1.33 bits per heavy atom. The van der Waals surface area contributed by atoms with E-state index >= 15 is 0 Å². The fourth-order valence-corrected chi connectivity index (χ4v) is 1.34. The highest BCUT2D eigenvalue weighted by Crippen LogP contribution is 2.10. The molecular formula is C11H16N6O. The zero-order chi connectivity index (χ0) is 13.0. The average Bonchev–Trinajstić information content (AvgIpc) is 2.82. The highest BCUT2D eigenvalue weighted by molar-refractivity contribution is 5.29. The molecule has 2 aromatic heterocycles. The number of aryl methyl sites for hydroxylation is 1. The normalized spacial score (nSPS) is 10.4. The van der Waals surface area contributed by atoms with E-state index in [1.54, 1.807) is 17.9 Å². The molecule has 96 valence electrons. The van der Waals surface area contributed by atoms with Gasteiger partial charge in [0, 0.05) is 13.2 Å². The molecule has 0 fully saturated rings. The molecule has 0 aliphatic heterocycles. The number of hydrogen-bond acceptors (Lipinski definition) is 6. The van der Waals surface area contributed by atoms with Gasteiger partial charge in [0.15, 0.2) is 0 Å². The Balaban J connectivity index is 2.34. The lowest BCUT2D eigenvalue weighted by Crippen LogP contribution is -2.10. The summed E-state index contributed by atoms with van der Waals surface area (Å²) in [5.41, 5.74) is 0.900. The van der Waals surface area contributed by atoms with Crippen LogP contribution in [0.3, 0.4) is 0 Å². The number of hydrogen-bond donors (Lipinski definition) is 1. The highest BCUT2D eigenvalue weighted by atomic mass is 16.5. The van der Waals surface area contributed by atoms with Crippen molar-refractivity contribution < 1.29 is 4.74 Å². The third-order valence-electron chi connectivity index (χ3n) is 2.19. The van der Waals surface area contributed by atoms with E-state index in [1.807, 2.05) is 19.9 Å². The van der Waals surface area contributed by atoms with Crippen LogP contribution in [0.1, 0.15) is 19.0 Å². The van der Waals surface area contributed by atoms with Gasteiger partial charge in [-0.1, -0.05) is 6.92 Å². The Morgan fingerprint density at radius 3 is 2.78 bits per heavy atom. The molecule has 0 aromatic carbocycles. The van der Waals surface area contributed by atoms with Gasteiger partial charge in [-0.25, -0.2) is 4.68 Å². The minimum absolute atomic E-state index is 0.305. The Kier molecular flexibility index (Phi) is 3.71. The Bertz CT molecular complexity index is 524. The SMILES string of the molecule is CCCOc1nc(NC)nc(-n2ccc(C)n2)n1. The maximum atomic E-state index is 5.42. The van der Waals surface area contributed by atoms with Crippen LogP contribution in [0.25, 0.3) is 5.95 Å². The number of ether oxygens (including phenoxy) is 1. The predicted octanol–water partition coefficient (Wildman–Crippen LogP) is 1.20. The third-order valence-corrected chi connectivity index (χ3v) is 2.19. The quantitative estimate of drug-likeness (QED) is 0.856. The number of nitrogens with one attached hydrogen (secondary N) is 1. The highest BCUT2D eigenvalue weighted by Gasteiger charge is 2.08. The van der Waals surface area contributed by atoms with E-state index in [-0.39, 0.29) is 0 Å². The Labute approximate surface area is 105 Å². The number of rotatable bonds is 5.